The largest absolute Gasteiger partial charge is 0.430 e. The minimum absolute atomic E-state index is 0.0860. The molecule has 2 rings (SSSR count). The van der Waals surface area contributed by atoms with Gasteiger partial charge in [-0.1, -0.05) is 42.5 Å². The number of rotatable bonds is 6. The molecule has 0 aliphatic rings. The first-order chi connectivity index (χ1) is 12.9. The smallest absolute Gasteiger partial charge is 0.387 e. The van der Waals surface area contributed by atoms with E-state index >= 15 is 0 Å². The number of anilines is 1. The first kappa shape index (κ1) is 22.0. The molecule has 1 atom stereocenters. The van der Waals surface area contributed by atoms with E-state index in [1.54, 1.807) is 42.2 Å². The van der Waals surface area contributed by atoms with Crippen LogP contribution in [0.5, 0.6) is 0 Å². The molecule has 154 valence electrons. The van der Waals surface area contributed by atoms with E-state index in [1.165, 1.54) is 0 Å². The number of halogens is 6. The number of aliphatic hydroxyl groups excluding tert-OH is 1. The maximum atomic E-state index is 13.0. The summed E-state index contributed by atoms with van der Waals surface area (Å²) in [6, 6.07) is 11.9. The van der Waals surface area contributed by atoms with Gasteiger partial charge in [-0.15, -0.1) is 0 Å². The molecule has 2 N–H and O–H groups in total. The Labute approximate surface area is 157 Å². The first-order valence-corrected chi connectivity index (χ1v) is 8.36. The molecule has 0 bridgehead atoms. The third-order valence-electron chi connectivity index (χ3n) is 4.43. The van der Waals surface area contributed by atoms with Crippen LogP contribution >= 0.6 is 0 Å². The van der Waals surface area contributed by atoms with E-state index in [0.717, 1.165) is 12.1 Å². The average Bonchev–Trinajstić information content (AvgIpc) is 2.64. The molecule has 0 radical (unpaired) electrons. The topological polar surface area (TPSA) is 43.7 Å². The molecule has 0 aromatic heterocycles. The molecule has 0 aliphatic heterocycles. The van der Waals surface area contributed by atoms with Crippen molar-refractivity contribution in [2.24, 2.45) is 0 Å². The van der Waals surface area contributed by atoms with Crippen LogP contribution in [0.2, 0.25) is 0 Å². The minimum Gasteiger partial charge on any atom is -0.387 e. The van der Waals surface area contributed by atoms with Crippen LogP contribution in [0.1, 0.15) is 24.2 Å². The zero-order valence-electron chi connectivity index (χ0n) is 14.8. The molecule has 3 nitrogen and oxygen atoms in total. The Hall–Kier alpha value is -2.26. The SMILES string of the molecule is CCN(C[C@H](O)c1ccccc1)c1ccc(C(O)(C(F)(F)F)C(F)(F)F)cc1. The van der Waals surface area contributed by atoms with Crippen molar-refractivity contribution in [1.29, 1.82) is 0 Å². The zero-order chi connectivity index (χ0) is 21.2. The fraction of sp³-hybridized carbons (Fsp3) is 0.368. The van der Waals surface area contributed by atoms with E-state index in [4.69, 9.17) is 0 Å². The molecular formula is C19H19F6NO2. The van der Waals surface area contributed by atoms with E-state index in [2.05, 4.69) is 0 Å². The highest BCUT2D eigenvalue weighted by molar-refractivity contribution is 5.49. The van der Waals surface area contributed by atoms with Crippen LogP contribution in [-0.2, 0) is 5.60 Å². The van der Waals surface area contributed by atoms with Crippen LogP contribution in [0.25, 0.3) is 0 Å². The van der Waals surface area contributed by atoms with Crippen molar-refractivity contribution in [3.05, 3.63) is 65.7 Å². The van der Waals surface area contributed by atoms with Crippen molar-refractivity contribution in [3.63, 3.8) is 0 Å². The molecule has 0 spiro atoms. The number of nitrogens with zero attached hydrogens (tertiary/aromatic N) is 1. The Morgan fingerprint density at radius 1 is 0.857 bits per heavy atom. The maximum Gasteiger partial charge on any atom is 0.430 e. The molecule has 0 fully saturated rings. The molecule has 0 heterocycles. The van der Waals surface area contributed by atoms with Gasteiger partial charge in [0.05, 0.1) is 6.10 Å². The summed E-state index contributed by atoms with van der Waals surface area (Å²) in [6.45, 7) is 2.17. The summed E-state index contributed by atoms with van der Waals surface area (Å²) in [4.78, 5) is 1.60. The third kappa shape index (κ3) is 4.25. The van der Waals surface area contributed by atoms with Crippen LogP contribution < -0.4 is 4.90 Å². The summed E-state index contributed by atoms with van der Waals surface area (Å²) < 4.78 is 77.7. The summed E-state index contributed by atoms with van der Waals surface area (Å²) in [5.74, 6) is 0. The van der Waals surface area contributed by atoms with Gasteiger partial charge in [0.2, 0.25) is 0 Å². The monoisotopic (exact) mass is 407 g/mol. The average molecular weight is 407 g/mol. The van der Waals surface area contributed by atoms with E-state index in [-0.39, 0.29) is 6.54 Å². The lowest BCUT2D eigenvalue weighted by Crippen LogP contribution is -2.53. The highest BCUT2D eigenvalue weighted by atomic mass is 19.4. The van der Waals surface area contributed by atoms with Gasteiger partial charge in [0.1, 0.15) is 0 Å². The fourth-order valence-corrected chi connectivity index (χ4v) is 2.81. The molecule has 28 heavy (non-hydrogen) atoms. The van der Waals surface area contributed by atoms with Crippen molar-refractivity contribution >= 4 is 5.69 Å². The molecule has 0 amide bonds. The van der Waals surface area contributed by atoms with E-state index in [9.17, 15) is 36.6 Å². The van der Waals surface area contributed by atoms with Gasteiger partial charge in [-0.05, 0) is 24.6 Å². The van der Waals surface area contributed by atoms with Crippen LogP contribution in [0.15, 0.2) is 54.6 Å². The standard InChI is InChI=1S/C19H19F6NO2/c1-2-26(12-16(27)13-6-4-3-5-7-13)15-10-8-14(9-11-15)17(28,18(20,21)22)19(23,24)25/h3-11,16,27-28H,2,12H2,1H3/t16-/m0/s1. The van der Waals surface area contributed by atoms with Gasteiger partial charge >= 0.3 is 12.4 Å². The Morgan fingerprint density at radius 2 is 1.36 bits per heavy atom. The molecule has 0 saturated carbocycles. The van der Waals surface area contributed by atoms with Crippen molar-refractivity contribution in [2.45, 2.75) is 31.0 Å². The molecule has 0 saturated heterocycles. The lowest BCUT2D eigenvalue weighted by molar-refractivity contribution is -0.376. The van der Waals surface area contributed by atoms with E-state index in [1.807, 2.05) is 0 Å². The van der Waals surface area contributed by atoms with Gasteiger partial charge in [-0.3, -0.25) is 0 Å². The van der Waals surface area contributed by atoms with Crippen LogP contribution in [0.4, 0.5) is 32.0 Å². The normalized spacial score (nSPS) is 14.0. The molecule has 2 aromatic rings. The Morgan fingerprint density at radius 3 is 1.79 bits per heavy atom. The number of aliphatic hydroxyl groups is 2. The maximum absolute atomic E-state index is 13.0. The molecule has 9 heteroatoms. The predicted octanol–water partition coefficient (Wildman–Crippen LogP) is 4.56. The van der Waals surface area contributed by atoms with Crippen molar-refractivity contribution in [1.82, 2.24) is 0 Å². The van der Waals surface area contributed by atoms with Crippen molar-refractivity contribution < 1.29 is 36.6 Å². The number of likely N-dealkylation sites (N-methyl/N-ethyl adjacent to an activating group) is 1. The van der Waals surface area contributed by atoms with Crippen molar-refractivity contribution in [2.75, 3.05) is 18.0 Å². The van der Waals surface area contributed by atoms with Gasteiger partial charge < -0.3 is 15.1 Å². The molecule has 0 unspecified atom stereocenters. The zero-order valence-corrected chi connectivity index (χ0v) is 14.8. The van der Waals surface area contributed by atoms with Gasteiger partial charge in [0.15, 0.2) is 0 Å². The minimum atomic E-state index is -5.93. The highest BCUT2D eigenvalue weighted by Gasteiger charge is 2.71. The number of alkyl halides is 6. The van der Waals surface area contributed by atoms with Gasteiger partial charge in [0.25, 0.3) is 5.60 Å². The Kier molecular flexibility index (Phi) is 6.30. The summed E-state index contributed by atoms with van der Waals surface area (Å²) in [5, 5.41) is 19.7. The van der Waals surface area contributed by atoms with Crippen LogP contribution in [-0.4, -0.2) is 35.7 Å². The summed E-state index contributed by atoms with van der Waals surface area (Å²) in [5.41, 5.74) is -5.34. The van der Waals surface area contributed by atoms with Gasteiger partial charge in [-0.25, -0.2) is 0 Å². The molecule has 2 aromatic carbocycles. The van der Waals surface area contributed by atoms with Crippen LogP contribution in [0.3, 0.4) is 0 Å². The molecular weight excluding hydrogens is 388 g/mol. The Balaban J connectivity index is 2.29. The second-order valence-electron chi connectivity index (χ2n) is 6.22. The third-order valence-corrected chi connectivity index (χ3v) is 4.43. The summed E-state index contributed by atoms with van der Waals surface area (Å²) in [7, 11) is 0. The first-order valence-electron chi connectivity index (χ1n) is 8.36. The fourth-order valence-electron chi connectivity index (χ4n) is 2.81. The number of benzene rings is 2. The predicted molar refractivity (Wildman–Crippen MR) is 91.7 cm³/mol. The number of hydrogen-bond donors (Lipinski definition) is 2. The lowest BCUT2D eigenvalue weighted by atomic mass is 9.92. The lowest BCUT2D eigenvalue weighted by Gasteiger charge is -2.33. The van der Waals surface area contributed by atoms with Gasteiger partial charge in [-0.2, -0.15) is 26.3 Å². The van der Waals surface area contributed by atoms with Crippen LogP contribution in [0, 0.1) is 0 Å². The second-order valence-corrected chi connectivity index (χ2v) is 6.22. The molecule has 0 aliphatic carbocycles. The highest BCUT2D eigenvalue weighted by Crippen LogP contribution is 2.50. The van der Waals surface area contributed by atoms with Crippen molar-refractivity contribution in [3.8, 4) is 0 Å². The number of hydrogen-bond acceptors (Lipinski definition) is 3. The Bertz CT molecular complexity index is 745. The van der Waals surface area contributed by atoms with E-state index in [0.29, 0.717) is 29.9 Å². The summed E-state index contributed by atoms with van der Waals surface area (Å²) >= 11 is 0. The second kappa shape index (κ2) is 8.00. The van der Waals surface area contributed by atoms with Gasteiger partial charge in [0, 0.05) is 24.3 Å². The quantitative estimate of drug-likeness (QED) is 0.690. The van der Waals surface area contributed by atoms with E-state index < -0.39 is 29.6 Å². The summed E-state index contributed by atoms with van der Waals surface area (Å²) in [6.07, 6.45) is -12.8.